The first-order valence-electron chi connectivity index (χ1n) is 8.39. The van der Waals surface area contributed by atoms with Crippen LogP contribution in [-0.4, -0.2) is 7.11 Å². The minimum Gasteiger partial charge on any atom is -0.493 e. The Kier molecular flexibility index (Phi) is 6.89. The second-order valence-corrected chi connectivity index (χ2v) is 7.25. The van der Waals surface area contributed by atoms with E-state index in [0.29, 0.717) is 40.4 Å². The highest BCUT2D eigenvalue weighted by Crippen LogP contribution is 2.34. The van der Waals surface area contributed by atoms with E-state index in [1.807, 2.05) is 18.2 Å². The van der Waals surface area contributed by atoms with E-state index in [1.165, 1.54) is 12.1 Å². The van der Waals surface area contributed by atoms with Crippen molar-refractivity contribution in [1.82, 2.24) is 0 Å². The van der Waals surface area contributed by atoms with Crippen molar-refractivity contribution >= 4 is 40.5 Å². The van der Waals surface area contributed by atoms with Crippen molar-refractivity contribution < 1.29 is 13.9 Å². The summed E-state index contributed by atoms with van der Waals surface area (Å²) in [6.07, 6.45) is 0. The zero-order chi connectivity index (χ0) is 20.1. The number of benzene rings is 3. The van der Waals surface area contributed by atoms with Gasteiger partial charge in [0.15, 0.2) is 11.5 Å². The van der Waals surface area contributed by atoms with Crippen LogP contribution in [0.4, 0.5) is 10.1 Å². The fraction of sp³-hybridized carbons (Fsp3) is 0.143. The Bertz CT molecular complexity index is 982. The third-order valence-corrected chi connectivity index (χ3v) is 4.90. The molecule has 0 aromatic heterocycles. The monoisotopic (exact) mass is 439 g/mol. The Labute approximate surface area is 177 Å². The lowest BCUT2D eigenvalue weighted by Gasteiger charge is -2.15. The molecule has 0 saturated carbocycles. The smallest absolute Gasteiger partial charge is 0.163 e. The van der Waals surface area contributed by atoms with Gasteiger partial charge in [-0.25, -0.2) is 4.39 Å². The Balaban J connectivity index is 1.72. The summed E-state index contributed by atoms with van der Waals surface area (Å²) in [5.74, 6) is 0.620. The van der Waals surface area contributed by atoms with E-state index in [-0.39, 0.29) is 5.02 Å². The standard InChI is InChI=1S/C21H17Cl3FNO2/c1-27-20-8-14(11-26-16-5-6-19(25)18(24)9-16)17(23)10-21(20)28-12-13-3-2-4-15(22)7-13/h2-10,26H,11-12H2,1H3. The predicted molar refractivity (Wildman–Crippen MR) is 113 cm³/mol. The molecule has 0 aliphatic heterocycles. The van der Waals surface area contributed by atoms with E-state index in [4.69, 9.17) is 44.3 Å². The summed E-state index contributed by atoms with van der Waals surface area (Å²) in [5, 5.41) is 4.38. The zero-order valence-corrected chi connectivity index (χ0v) is 17.2. The minimum absolute atomic E-state index is 0.0541. The molecule has 0 saturated heterocycles. The molecule has 0 aliphatic rings. The van der Waals surface area contributed by atoms with Crippen LogP contribution < -0.4 is 14.8 Å². The van der Waals surface area contributed by atoms with Gasteiger partial charge in [-0.2, -0.15) is 0 Å². The Hall–Kier alpha value is -2.14. The van der Waals surface area contributed by atoms with Gasteiger partial charge in [-0.15, -0.1) is 0 Å². The van der Waals surface area contributed by atoms with Crippen molar-refractivity contribution in [3.8, 4) is 11.5 Å². The van der Waals surface area contributed by atoms with Crippen LogP contribution in [0.5, 0.6) is 11.5 Å². The SMILES string of the molecule is COc1cc(CNc2ccc(F)c(Cl)c2)c(Cl)cc1OCc1cccc(Cl)c1. The topological polar surface area (TPSA) is 30.5 Å². The minimum atomic E-state index is -0.465. The van der Waals surface area contributed by atoms with Gasteiger partial charge in [-0.05, 0) is 47.5 Å². The fourth-order valence-electron chi connectivity index (χ4n) is 2.58. The number of nitrogens with one attached hydrogen (secondary N) is 1. The number of rotatable bonds is 7. The van der Waals surface area contributed by atoms with Gasteiger partial charge < -0.3 is 14.8 Å². The van der Waals surface area contributed by atoms with Crippen LogP contribution in [0.1, 0.15) is 11.1 Å². The van der Waals surface area contributed by atoms with Gasteiger partial charge in [-0.1, -0.05) is 46.9 Å². The molecule has 1 N–H and O–H groups in total. The first-order chi connectivity index (χ1) is 13.5. The van der Waals surface area contributed by atoms with Crippen molar-refractivity contribution in [2.45, 2.75) is 13.2 Å². The van der Waals surface area contributed by atoms with Crippen LogP contribution in [-0.2, 0) is 13.2 Å². The largest absolute Gasteiger partial charge is 0.493 e. The van der Waals surface area contributed by atoms with Crippen LogP contribution in [0, 0.1) is 5.82 Å². The lowest BCUT2D eigenvalue weighted by Crippen LogP contribution is -2.03. The van der Waals surface area contributed by atoms with Crippen molar-refractivity contribution in [1.29, 1.82) is 0 Å². The maximum atomic E-state index is 13.3. The molecular weight excluding hydrogens is 424 g/mol. The fourth-order valence-corrected chi connectivity index (χ4v) is 3.19. The molecule has 3 rings (SSSR count). The average molecular weight is 441 g/mol. The van der Waals surface area contributed by atoms with Crippen molar-refractivity contribution in [2.75, 3.05) is 12.4 Å². The summed E-state index contributed by atoms with van der Waals surface area (Å²) in [4.78, 5) is 0. The molecule has 0 unspecified atom stereocenters. The summed E-state index contributed by atoms with van der Waals surface area (Å²) in [6, 6.07) is 15.4. The molecule has 0 fully saturated rings. The third kappa shape index (κ3) is 5.22. The summed E-state index contributed by atoms with van der Waals surface area (Å²) < 4.78 is 24.5. The number of hydrogen-bond acceptors (Lipinski definition) is 3. The molecule has 3 aromatic rings. The van der Waals surface area contributed by atoms with Crippen molar-refractivity contribution in [2.24, 2.45) is 0 Å². The van der Waals surface area contributed by atoms with Crippen LogP contribution in [0.25, 0.3) is 0 Å². The van der Waals surface area contributed by atoms with E-state index < -0.39 is 5.82 Å². The second kappa shape index (κ2) is 9.37. The molecule has 7 heteroatoms. The van der Waals surface area contributed by atoms with Crippen molar-refractivity contribution in [3.63, 3.8) is 0 Å². The molecule has 28 heavy (non-hydrogen) atoms. The molecule has 0 atom stereocenters. The Morgan fingerprint density at radius 1 is 0.929 bits per heavy atom. The highest BCUT2D eigenvalue weighted by molar-refractivity contribution is 6.32. The maximum Gasteiger partial charge on any atom is 0.163 e. The summed E-state index contributed by atoms with van der Waals surface area (Å²) in [5.41, 5.74) is 2.42. The van der Waals surface area contributed by atoms with Gasteiger partial charge in [0.25, 0.3) is 0 Å². The van der Waals surface area contributed by atoms with Gasteiger partial charge in [-0.3, -0.25) is 0 Å². The van der Waals surface area contributed by atoms with Gasteiger partial charge in [0.1, 0.15) is 12.4 Å². The third-order valence-electron chi connectivity index (χ3n) is 4.02. The van der Waals surface area contributed by atoms with Crippen LogP contribution in [0.3, 0.4) is 0 Å². The van der Waals surface area contributed by atoms with Crippen molar-refractivity contribution in [3.05, 3.63) is 86.6 Å². The molecule has 0 amide bonds. The Morgan fingerprint density at radius 2 is 1.75 bits per heavy atom. The van der Waals surface area contributed by atoms with Gasteiger partial charge in [0, 0.05) is 28.3 Å². The van der Waals surface area contributed by atoms with E-state index in [2.05, 4.69) is 5.32 Å². The summed E-state index contributed by atoms with van der Waals surface area (Å²) in [7, 11) is 1.56. The molecule has 3 nitrogen and oxygen atoms in total. The first-order valence-corrected chi connectivity index (χ1v) is 9.52. The molecule has 0 bridgehead atoms. The molecule has 0 heterocycles. The van der Waals surface area contributed by atoms with Crippen LogP contribution in [0.2, 0.25) is 15.1 Å². The first kappa shape index (κ1) is 20.6. The van der Waals surface area contributed by atoms with Crippen LogP contribution in [0.15, 0.2) is 54.6 Å². The molecular formula is C21H17Cl3FNO2. The van der Waals surface area contributed by atoms with E-state index in [0.717, 1.165) is 11.1 Å². The summed E-state index contributed by atoms with van der Waals surface area (Å²) >= 11 is 18.2. The molecule has 0 aliphatic carbocycles. The maximum absolute atomic E-state index is 13.3. The van der Waals surface area contributed by atoms with E-state index in [1.54, 1.807) is 31.4 Å². The molecule has 0 spiro atoms. The lowest BCUT2D eigenvalue weighted by molar-refractivity contribution is 0.284. The van der Waals surface area contributed by atoms with Gasteiger partial charge in [0.2, 0.25) is 0 Å². The number of halogens is 4. The number of ether oxygens (including phenoxy) is 2. The predicted octanol–water partition coefficient (Wildman–Crippen LogP) is 6.99. The highest BCUT2D eigenvalue weighted by atomic mass is 35.5. The number of methoxy groups -OCH3 is 1. The van der Waals surface area contributed by atoms with E-state index >= 15 is 0 Å². The van der Waals surface area contributed by atoms with E-state index in [9.17, 15) is 4.39 Å². The number of anilines is 1. The van der Waals surface area contributed by atoms with Crippen LogP contribution >= 0.6 is 34.8 Å². The molecule has 3 aromatic carbocycles. The normalized spacial score (nSPS) is 10.6. The van der Waals surface area contributed by atoms with Gasteiger partial charge >= 0.3 is 0 Å². The Morgan fingerprint density at radius 3 is 2.46 bits per heavy atom. The lowest BCUT2D eigenvalue weighted by atomic mass is 10.2. The molecule has 146 valence electrons. The summed E-state index contributed by atoms with van der Waals surface area (Å²) in [6.45, 7) is 0.741. The average Bonchev–Trinajstić information content (AvgIpc) is 2.68. The quantitative estimate of drug-likeness (QED) is 0.429. The zero-order valence-electron chi connectivity index (χ0n) is 14.9. The second-order valence-electron chi connectivity index (χ2n) is 6.00. The highest BCUT2D eigenvalue weighted by Gasteiger charge is 2.12. The van der Waals surface area contributed by atoms with Gasteiger partial charge in [0.05, 0.1) is 12.1 Å². The molecule has 0 radical (unpaired) electrons. The number of hydrogen-bond donors (Lipinski definition) is 1.